The Morgan fingerprint density at radius 2 is 2.00 bits per heavy atom. The third kappa shape index (κ3) is 2.82. The average Bonchev–Trinajstić information content (AvgIpc) is 2.20. The van der Waals surface area contributed by atoms with E-state index in [1.54, 1.807) is 24.3 Å². The predicted octanol–water partition coefficient (Wildman–Crippen LogP) is 2.22. The molecule has 0 fully saturated rings. The molecule has 1 rings (SSSR count). The SMILES string of the molecule is CCC(C(=O)O)c1ccccc1NC(C)=O. The van der Waals surface area contributed by atoms with Gasteiger partial charge in [-0.15, -0.1) is 0 Å². The van der Waals surface area contributed by atoms with Crippen LogP contribution in [0.4, 0.5) is 5.69 Å². The summed E-state index contributed by atoms with van der Waals surface area (Å²) in [6.07, 6.45) is 0.492. The van der Waals surface area contributed by atoms with E-state index in [-0.39, 0.29) is 5.91 Å². The Hall–Kier alpha value is -1.84. The van der Waals surface area contributed by atoms with Crippen molar-refractivity contribution < 1.29 is 14.7 Å². The van der Waals surface area contributed by atoms with Crippen LogP contribution in [0.25, 0.3) is 0 Å². The summed E-state index contributed by atoms with van der Waals surface area (Å²) < 4.78 is 0. The highest BCUT2D eigenvalue weighted by Crippen LogP contribution is 2.27. The van der Waals surface area contributed by atoms with Gasteiger partial charge in [0.15, 0.2) is 0 Å². The van der Waals surface area contributed by atoms with Crippen molar-refractivity contribution in [2.24, 2.45) is 0 Å². The van der Waals surface area contributed by atoms with Gasteiger partial charge < -0.3 is 10.4 Å². The van der Waals surface area contributed by atoms with E-state index in [2.05, 4.69) is 5.32 Å². The molecule has 0 aliphatic heterocycles. The van der Waals surface area contributed by atoms with Crippen molar-refractivity contribution in [2.45, 2.75) is 26.2 Å². The number of carbonyl (C=O) groups excluding carboxylic acids is 1. The number of carbonyl (C=O) groups is 2. The molecule has 0 saturated heterocycles. The van der Waals surface area contributed by atoms with E-state index in [1.807, 2.05) is 6.92 Å². The molecular formula is C12H15NO3. The molecule has 0 heterocycles. The second-order valence-electron chi connectivity index (χ2n) is 3.57. The first-order chi connectivity index (χ1) is 7.56. The summed E-state index contributed by atoms with van der Waals surface area (Å²) in [4.78, 5) is 22.0. The number of para-hydroxylation sites is 1. The van der Waals surface area contributed by atoms with Crippen LogP contribution in [0.15, 0.2) is 24.3 Å². The van der Waals surface area contributed by atoms with Crippen LogP contribution in [0.1, 0.15) is 31.7 Å². The second kappa shape index (κ2) is 5.30. The monoisotopic (exact) mass is 221 g/mol. The van der Waals surface area contributed by atoms with Crippen LogP contribution in [0.5, 0.6) is 0 Å². The molecule has 4 nitrogen and oxygen atoms in total. The molecule has 1 amide bonds. The number of carboxylic acid groups (broad SMARTS) is 1. The number of amides is 1. The van der Waals surface area contributed by atoms with Crippen molar-refractivity contribution in [3.8, 4) is 0 Å². The van der Waals surface area contributed by atoms with Crippen molar-refractivity contribution in [3.63, 3.8) is 0 Å². The fourth-order valence-electron chi connectivity index (χ4n) is 1.63. The summed E-state index contributed by atoms with van der Waals surface area (Å²) in [5.74, 6) is -1.66. The topological polar surface area (TPSA) is 66.4 Å². The molecule has 1 atom stereocenters. The maximum atomic E-state index is 11.1. The van der Waals surface area contributed by atoms with E-state index in [0.717, 1.165) is 0 Å². The van der Waals surface area contributed by atoms with Crippen LogP contribution in [0, 0.1) is 0 Å². The molecule has 1 unspecified atom stereocenters. The first kappa shape index (κ1) is 12.2. The minimum absolute atomic E-state index is 0.201. The molecule has 0 spiro atoms. The van der Waals surface area contributed by atoms with E-state index in [0.29, 0.717) is 17.7 Å². The Labute approximate surface area is 94.3 Å². The van der Waals surface area contributed by atoms with Crippen LogP contribution in [0.3, 0.4) is 0 Å². The van der Waals surface area contributed by atoms with Gasteiger partial charge in [-0.25, -0.2) is 0 Å². The number of aliphatic carboxylic acids is 1. The summed E-state index contributed by atoms with van der Waals surface area (Å²) in [6.45, 7) is 3.21. The van der Waals surface area contributed by atoms with Gasteiger partial charge >= 0.3 is 5.97 Å². The lowest BCUT2D eigenvalue weighted by Gasteiger charge is -2.15. The molecule has 1 aromatic rings. The Bertz CT molecular complexity index is 401. The smallest absolute Gasteiger partial charge is 0.311 e. The van der Waals surface area contributed by atoms with Crippen molar-refractivity contribution >= 4 is 17.6 Å². The minimum atomic E-state index is -0.875. The molecule has 0 radical (unpaired) electrons. The number of carboxylic acids is 1. The maximum absolute atomic E-state index is 11.1. The standard InChI is InChI=1S/C12H15NO3/c1-3-9(12(15)16)10-6-4-5-7-11(10)13-8(2)14/h4-7,9H,3H2,1-2H3,(H,13,14)(H,15,16). The first-order valence-corrected chi connectivity index (χ1v) is 5.15. The fourth-order valence-corrected chi connectivity index (χ4v) is 1.63. The predicted molar refractivity (Wildman–Crippen MR) is 61.4 cm³/mol. The number of hydrogen-bond donors (Lipinski definition) is 2. The van der Waals surface area contributed by atoms with E-state index >= 15 is 0 Å². The first-order valence-electron chi connectivity index (χ1n) is 5.15. The molecule has 86 valence electrons. The lowest BCUT2D eigenvalue weighted by atomic mass is 9.95. The van der Waals surface area contributed by atoms with Gasteiger partial charge in [0.05, 0.1) is 5.92 Å². The van der Waals surface area contributed by atoms with Gasteiger partial charge in [0.25, 0.3) is 0 Å². The largest absolute Gasteiger partial charge is 0.481 e. The van der Waals surface area contributed by atoms with Gasteiger partial charge in [-0.3, -0.25) is 9.59 Å². The highest BCUT2D eigenvalue weighted by molar-refractivity contribution is 5.91. The Morgan fingerprint density at radius 3 is 2.50 bits per heavy atom. The second-order valence-corrected chi connectivity index (χ2v) is 3.57. The molecule has 0 bridgehead atoms. The summed E-state index contributed by atoms with van der Waals surface area (Å²) in [5.41, 5.74) is 1.22. The van der Waals surface area contributed by atoms with Crippen LogP contribution >= 0.6 is 0 Å². The number of anilines is 1. The molecule has 0 aromatic heterocycles. The number of hydrogen-bond acceptors (Lipinski definition) is 2. The normalized spacial score (nSPS) is 11.9. The van der Waals surface area contributed by atoms with Gasteiger partial charge in [-0.1, -0.05) is 25.1 Å². The van der Waals surface area contributed by atoms with E-state index in [1.165, 1.54) is 6.92 Å². The zero-order valence-electron chi connectivity index (χ0n) is 9.36. The molecule has 0 aliphatic carbocycles. The lowest BCUT2D eigenvalue weighted by Crippen LogP contribution is -2.15. The van der Waals surface area contributed by atoms with Crippen molar-refractivity contribution in [1.29, 1.82) is 0 Å². The lowest BCUT2D eigenvalue weighted by molar-refractivity contribution is -0.138. The zero-order chi connectivity index (χ0) is 12.1. The summed E-state index contributed by atoms with van der Waals surface area (Å²) in [7, 11) is 0. The summed E-state index contributed by atoms with van der Waals surface area (Å²) in [5, 5.41) is 11.7. The van der Waals surface area contributed by atoms with Crippen molar-refractivity contribution in [1.82, 2.24) is 0 Å². The molecular weight excluding hydrogens is 206 g/mol. The van der Waals surface area contributed by atoms with Crippen molar-refractivity contribution in [2.75, 3.05) is 5.32 Å². The number of rotatable bonds is 4. The number of nitrogens with one attached hydrogen (secondary N) is 1. The van der Waals surface area contributed by atoms with E-state index in [4.69, 9.17) is 5.11 Å². The molecule has 2 N–H and O–H groups in total. The maximum Gasteiger partial charge on any atom is 0.311 e. The average molecular weight is 221 g/mol. The molecule has 0 saturated carbocycles. The highest BCUT2D eigenvalue weighted by atomic mass is 16.4. The third-order valence-corrected chi connectivity index (χ3v) is 2.35. The van der Waals surface area contributed by atoms with Gasteiger partial charge in [0.2, 0.25) is 5.91 Å². The van der Waals surface area contributed by atoms with Crippen molar-refractivity contribution in [3.05, 3.63) is 29.8 Å². The van der Waals surface area contributed by atoms with Gasteiger partial charge in [-0.2, -0.15) is 0 Å². The van der Waals surface area contributed by atoms with Crippen LogP contribution in [0.2, 0.25) is 0 Å². The summed E-state index contributed by atoms with van der Waals surface area (Å²) >= 11 is 0. The minimum Gasteiger partial charge on any atom is -0.481 e. The third-order valence-electron chi connectivity index (χ3n) is 2.35. The number of benzene rings is 1. The van der Waals surface area contributed by atoms with E-state index in [9.17, 15) is 9.59 Å². The van der Waals surface area contributed by atoms with Gasteiger partial charge in [0, 0.05) is 12.6 Å². The van der Waals surface area contributed by atoms with E-state index < -0.39 is 11.9 Å². The van der Waals surface area contributed by atoms with Crippen LogP contribution in [-0.2, 0) is 9.59 Å². The highest BCUT2D eigenvalue weighted by Gasteiger charge is 2.20. The summed E-state index contributed by atoms with van der Waals surface area (Å²) in [6, 6.07) is 6.98. The fraction of sp³-hybridized carbons (Fsp3) is 0.333. The molecule has 1 aromatic carbocycles. The Morgan fingerprint density at radius 1 is 1.38 bits per heavy atom. The Balaban J connectivity index is 3.10. The van der Waals surface area contributed by atoms with Crippen LogP contribution < -0.4 is 5.32 Å². The Kier molecular flexibility index (Phi) is 4.05. The molecule has 0 aliphatic rings. The quantitative estimate of drug-likeness (QED) is 0.819. The molecule has 16 heavy (non-hydrogen) atoms. The van der Waals surface area contributed by atoms with Crippen LogP contribution in [-0.4, -0.2) is 17.0 Å². The zero-order valence-corrected chi connectivity index (χ0v) is 9.36. The molecule has 4 heteroatoms. The van der Waals surface area contributed by atoms with Gasteiger partial charge in [-0.05, 0) is 18.1 Å². The van der Waals surface area contributed by atoms with Gasteiger partial charge in [0.1, 0.15) is 0 Å².